The maximum Gasteiger partial charge on any atom is 0.325 e. The summed E-state index contributed by atoms with van der Waals surface area (Å²) in [7, 11) is -3.51. The molecule has 88 valence electrons. The molecule has 0 fully saturated rings. The van der Waals surface area contributed by atoms with Crippen molar-refractivity contribution in [3.63, 3.8) is 0 Å². The Morgan fingerprint density at radius 1 is 1.44 bits per heavy atom. The first kappa shape index (κ1) is 11.2. The molecule has 1 unspecified atom stereocenters. The SMILES string of the molecule is CCCC(N)N1c2ccccc2NS1(=O)=O. The van der Waals surface area contributed by atoms with Crippen LogP contribution in [0, 0.1) is 0 Å². The maximum atomic E-state index is 11.9. The van der Waals surface area contributed by atoms with E-state index in [1.54, 1.807) is 24.3 Å². The van der Waals surface area contributed by atoms with Gasteiger partial charge in [0.2, 0.25) is 0 Å². The Kier molecular flexibility index (Phi) is 2.77. The molecule has 0 radical (unpaired) electrons. The summed E-state index contributed by atoms with van der Waals surface area (Å²) in [6.07, 6.45) is 0.969. The molecule has 2 rings (SSSR count). The number of benzene rings is 1. The van der Waals surface area contributed by atoms with Gasteiger partial charge >= 0.3 is 10.2 Å². The number of nitrogens with one attached hydrogen (secondary N) is 1. The Balaban J connectivity index is 2.43. The lowest BCUT2D eigenvalue weighted by Gasteiger charge is -2.23. The van der Waals surface area contributed by atoms with Gasteiger partial charge in [-0.25, -0.2) is 4.31 Å². The highest BCUT2D eigenvalue weighted by atomic mass is 32.2. The summed E-state index contributed by atoms with van der Waals surface area (Å²) in [6, 6.07) is 7.07. The molecule has 0 bridgehead atoms. The highest BCUT2D eigenvalue weighted by molar-refractivity contribution is 7.94. The third-order valence-electron chi connectivity index (χ3n) is 2.53. The monoisotopic (exact) mass is 241 g/mol. The normalized spacial score (nSPS) is 19.0. The van der Waals surface area contributed by atoms with Crippen LogP contribution in [0.5, 0.6) is 0 Å². The quantitative estimate of drug-likeness (QED) is 0.836. The van der Waals surface area contributed by atoms with Crippen molar-refractivity contribution in [1.82, 2.24) is 0 Å². The van der Waals surface area contributed by atoms with Gasteiger partial charge in [0.05, 0.1) is 17.5 Å². The van der Waals surface area contributed by atoms with E-state index >= 15 is 0 Å². The summed E-state index contributed by atoms with van der Waals surface area (Å²) in [5.74, 6) is 0. The number of rotatable bonds is 3. The summed E-state index contributed by atoms with van der Waals surface area (Å²) in [5, 5.41) is 0. The van der Waals surface area contributed by atoms with E-state index in [4.69, 9.17) is 5.73 Å². The second-order valence-corrected chi connectivity index (χ2v) is 5.32. The molecule has 0 aromatic heterocycles. The minimum Gasteiger partial charge on any atom is -0.310 e. The summed E-state index contributed by atoms with van der Waals surface area (Å²) in [6.45, 7) is 1.97. The van der Waals surface area contributed by atoms with Crippen molar-refractivity contribution in [3.8, 4) is 0 Å². The summed E-state index contributed by atoms with van der Waals surface area (Å²) in [4.78, 5) is 0. The fraction of sp³-hybridized carbons (Fsp3) is 0.400. The van der Waals surface area contributed by atoms with Gasteiger partial charge in [-0.15, -0.1) is 0 Å². The van der Waals surface area contributed by atoms with E-state index in [1.165, 1.54) is 4.31 Å². The van der Waals surface area contributed by atoms with Crippen LogP contribution in [0.2, 0.25) is 0 Å². The summed E-state index contributed by atoms with van der Waals surface area (Å²) in [5.41, 5.74) is 7.11. The van der Waals surface area contributed by atoms with Crippen LogP contribution in [0.25, 0.3) is 0 Å². The number of nitrogens with two attached hydrogens (primary N) is 1. The van der Waals surface area contributed by atoms with Crippen LogP contribution in [0.4, 0.5) is 11.4 Å². The standard InChI is InChI=1S/C10H15N3O2S/c1-2-5-10(11)13-9-7-4-3-6-8(9)12-16(13,14)15/h3-4,6-7,10,12H,2,5,11H2,1H3. The van der Waals surface area contributed by atoms with Crippen molar-refractivity contribution >= 4 is 21.6 Å². The van der Waals surface area contributed by atoms with Crippen LogP contribution >= 0.6 is 0 Å². The zero-order valence-corrected chi connectivity index (χ0v) is 9.87. The van der Waals surface area contributed by atoms with E-state index in [1.807, 2.05) is 6.92 Å². The van der Waals surface area contributed by atoms with E-state index in [9.17, 15) is 8.42 Å². The molecule has 1 aliphatic rings. The van der Waals surface area contributed by atoms with Crippen LogP contribution in [0.1, 0.15) is 19.8 Å². The molecule has 0 aliphatic carbocycles. The fourth-order valence-electron chi connectivity index (χ4n) is 1.84. The zero-order chi connectivity index (χ0) is 11.8. The first-order chi connectivity index (χ1) is 7.56. The minimum absolute atomic E-state index is 0.508. The molecule has 1 aromatic carbocycles. The van der Waals surface area contributed by atoms with Crippen molar-refractivity contribution in [2.24, 2.45) is 5.73 Å². The smallest absolute Gasteiger partial charge is 0.310 e. The van der Waals surface area contributed by atoms with Crippen LogP contribution in [0.3, 0.4) is 0 Å². The van der Waals surface area contributed by atoms with Gasteiger partial charge in [-0.05, 0) is 18.6 Å². The highest BCUT2D eigenvalue weighted by Crippen LogP contribution is 2.36. The van der Waals surface area contributed by atoms with Gasteiger partial charge in [-0.2, -0.15) is 8.42 Å². The van der Waals surface area contributed by atoms with Crippen molar-refractivity contribution < 1.29 is 8.42 Å². The molecule has 6 heteroatoms. The van der Waals surface area contributed by atoms with Gasteiger partial charge in [0.25, 0.3) is 0 Å². The van der Waals surface area contributed by atoms with Gasteiger partial charge in [-0.1, -0.05) is 25.5 Å². The number of para-hydroxylation sites is 2. The third kappa shape index (κ3) is 1.74. The van der Waals surface area contributed by atoms with Crippen molar-refractivity contribution in [1.29, 1.82) is 0 Å². The Labute approximate surface area is 95.4 Å². The molecule has 1 aliphatic heterocycles. The van der Waals surface area contributed by atoms with E-state index < -0.39 is 16.4 Å². The number of anilines is 2. The van der Waals surface area contributed by atoms with Gasteiger partial charge in [0.15, 0.2) is 0 Å². The first-order valence-electron chi connectivity index (χ1n) is 5.23. The number of fused-ring (bicyclic) bond motifs is 1. The van der Waals surface area contributed by atoms with E-state index in [2.05, 4.69) is 4.72 Å². The molecular weight excluding hydrogens is 226 g/mol. The molecule has 1 heterocycles. The first-order valence-corrected chi connectivity index (χ1v) is 6.67. The fourth-order valence-corrected chi connectivity index (χ4v) is 3.27. The highest BCUT2D eigenvalue weighted by Gasteiger charge is 2.35. The van der Waals surface area contributed by atoms with Crippen LogP contribution in [-0.4, -0.2) is 14.6 Å². The topological polar surface area (TPSA) is 75.4 Å². The zero-order valence-electron chi connectivity index (χ0n) is 9.05. The molecule has 1 aromatic rings. The lowest BCUT2D eigenvalue weighted by atomic mass is 10.2. The lowest BCUT2D eigenvalue weighted by Crippen LogP contribution is -2.45. The minimum atomic E-state index is -3.51. The van der Waals surface area contributed by atoms with E-state index in [0.29, 0.717) is 17.8 Å². The molecule has 0 spiro atoms. The average Bonchev–Trinajstić information content (AvgIpc) is 2.47. The van der Waals surface area contributed by atoms with Crippen LogP contribution in [-0.2, 0) is 10.2 Å². The van der Waals surface area contributed by atoms with Gasteiger partial charge < -0.3 is 5.73 Å². The summed E-state index contributed by atoms with van der Waals surface area (Å²) >= 11 is 0. The largest absolute Gasteiger partial charge is 0.325 e. The molecule has 0 saturated carbocycles. The van der Waals surface area contributed by atoms with Gasteiger partial charge in [0.1, 0.15) is 0 Å². The van der Waals surface area contributed by atoms with E-state index in [-0.39, 0.29) is 0 Å². The van der Waals surface area contributed by atoms with Crippen LogP contribution in [0.15, 0.2) is 24.3 Å². The Bertz CT molecular complexity index is 487. The Morgan fingerprint density at radius 2 is 2.12 bits per heavy atom. The molecule has 16 heavy (non-hydrogen) atoms. The third-order valence-corrected chi connectivity index (χ3v) is 3.99. The number of hydrogen-bond donors (Lipinski definition) is 2. The molecular formula is C10H15N3O2S. The Hall–Kier alpha value is -1.27. The van der Waals surface area contributed by atoms with Gasteiger partial charge in [-0.3, -0.25) is 4.72 Å². The number of nitrogens with zero attached hydrogens (tertiary/aromatic N) is 1. The predicted molar refractivity (Wildman–Crippen MR) is 64.3 cm³/mol. The molecule has 5 nitrogen and oxygen atoms in total. The molecule has 0 saturated heterocycles. The van der Waals surface area contributed by atoms with Crippen molar-refractivity contribution in [2.75, 3.05) is 9.03 Å². The van der Waals surface area contributed by atoms with Crippen molar-refractivity contribution in [3.05, 3.63) is 24.3 Å². The summed E-state index contributed by atoms with van der Waals surface area (Å²) < 4.78 is 27.5. The second kappa shape index (κ2) is 3.95. The predicted octanol–water partition coefficient (Wildman–Crippen LogP) is 1.25. The average molecular weight is 241 g/mol. The van der Waals surface area contributed by atoms with Gasteiger partial charge in [0, 0.05) is 0 Å². The Morgan fingerprint density at radius 3 is 2.81 bits per heavy atom. The molecule has 0 amide bonds. The van der Waals surface area contributed by atoms with Crippen LogP contribution < -0.4 is 14.8 Å². The second-order valence-electron chi connectivity index (χ2n) is 3.78. The molecule has 3 N–H and O–H groups in total. The van der Waals surface area contributed by atoms with Crippen molar-refractivity contribution in [2.45, 2.75) is 25.9 Å². The van der Waals surface area contributed by atoms with E-state index in [0.717, 1.165) is 6.42 Å². The lowest BCUT2D eigenvalue weighted by molar-refractivity contribution is 0.570. The molecule has 1 atom stereocenters. The number of hydrogen-bond acceptors (Lipinski definition) is 3. The maximum absolute atomic E-state index is 11.9.